The minimum absolute atomic E-state index is 0.0203. The van der Waals surface area contributed by atoms with E-state index in [0.29, 0.717) is 5.56 Å². The Morgan fingerprint density at radius 2 is 2.25 bits per heavy atom. The first-order valence-electron chi connectivity index (χ1n) is 4.92. The predicted molar refractivity (Wildman–Crippen MR) is 66.0 cm³/mol. The number of carbonyl (C=O) groups is 1. The van der Waals surface area contributed by atoms with Crippen molar-refractivity contribution in [2.24, 2.45) is 0 Å². The number of aryl methyl sites for hydroxylation is 1. The molecule has 2 aromatic rings. The van der Waals surface area contributed by atoms with E-state index >= 15 is 0 Å². The van der Waals surface area contributed by atoms with Crippen LogP contribution in [0.5, 0.6) is 0 Å². The van der Waals surface area contributed by atoms with Crippen molar-refractivity contribution in [3.05, 3.63) is 47.1 Å². The Hall–Kier alpha value is -1.68. The molecule has 0 fully saturated rings. The maximum absolute atomic E-state index is 12.2. The standard InChI is InChI=1S/C12H12N2OS/c1-9-5-6-13-8-10(9)12(15)14(2)11-4-3-7-16-11/h3-8H,1-2H3. The molecule has 0 saturated heterocycles. The second-order valence-electron chi connectivity index (χ2n) is 3.51. The van der Waals surface area contributed by atoms with Gasteiger partial charge in [-0.2, -0.15) is 0 Å². The minimum atomic E-state index is -0.0203. The average molecular weight is 232 g/mol. The van der Waals surface area contributed by atoms with Gasteiger partial charge in [-0.1, -0.05) is 0 Å². The molecule has 2 heterocycles. The van der Waals surface area contributed by atoms with E-state index in [1.807, 2.05) is 30.5 Å². The number of carbonyl (C=O) groups excluding carboxylic acids is 1. The van der Waals surface area contributed by atoms with E-state index in [1.54, 1.807) is 35.7 Å². The minimum Gasteiger partial charge on any atom is -0.303 e. The zero-order valence-corrected chi connectivity index (χ0v) is 9.99. The van der Waals surface area contributed by atoms with Gasteiger partial charge < -0.3 is 4.90 Å². The first kappa shape index (κ1) is 10.8. The molecule has 1 amide bonds. The number of aromatic nitrogens is 1. The van der Waals surface area contributed by atoms with Crippen molar-refractivity contribution < 1.29 is 4.79 Å². The van der Waals surface area contributed by atoms with Crippen molar-refractivity contribution in [3.63, 3.8) is 0 Å². The average Bonchev–Trinajstić information content (AvgIpc) is 2.81. The van der Waals surface area contributed by atoms with Gasteiger partial charge in [0.15, 0.2) is 0 Å². The highest BCUT2D eigenvalue weighted by Crippen LogP contribution is 2.22. The van der Waals surface area contributed by atoms with Crippen molar-refractivity contribution in [1.82, 2.24) is 4.98 Å². The van der Waals surface area contributed by atoms with E-state index in [4.69, 9.17) is 0 Å². The van der Waals surface area contributed by atoms with Gasteiger partial charge in [-0.05, 0) is 36.1 Å². The van der Waals surface area contributed by atoms with E-state index in [-0.39, 0.29) is 5.91 Å². The normalized spacial score (nSPS) is 10.1. The number of rotatable bonds is 2. The molecular formula is C12H12N2OS. The fraction of sp³-hybridized carbons (Fsp3) is 0.167. The maximum atomic E-state index is 12.2. The Labute approximate surface area is 98.4 Å². The number of amides is 1. The summed E-state index contributed by atoms with van der Waals surface area (Å²) in [4.78, 5) is 17.8. The van der Waals surface area contributed by atoms with Crippen LogP contribution in [0.4, 0.5) is 5.00 Å². The van der Waals surface area contributed by atoms with E-state index in [1.165, 1.54) is 0 Å². The molecule has 0 spiro atoms. The van der Waals surface area contributed by atoms with E-state index in [0.717, 1.165) is 10.6 Å². The van der Waals surface area contributed by atoms with Gasteiger partial charge in [-0.3, -0.25) is 9.78 Å². The number of hydrogen-bond acceptors (Lipinski definition) is 3. The largest absolute Gasteiger partial charge is 0.303 e. The lowest BCUT2D eigenvalue weighted by molar-refractivity contribution is 0.0992. The van der Waals surface area contributed by atoms with Crippen LogP contribution in [0.1, 0.15) is 15.9 Å². The second-order valence-corrected chi connectivity index (χ2v) is 4.43. The lowest BCUT2D eigenvalue weighted by atomic mass is 10.1. The van der Waals surface area contributed by atoms with Crippen LogP contribution >= 0.6 is 11.3 Å². The van der Waals surface area contributed by atoms with Gasteiger partial charge >= 0.3 is 0 Å². The number of anilines is 1. The molecule has 2 rings (SSSR count). The molecule has 82 valence electrons. The zero-order chi connectivity index (χ0) is 11.5. The Kier molecular flexibility index (Phi) is 3.01. The van der Waals surface area contributed by atoms with E-state index < -0.39 is 0 Å². The molecule has 4 heteroatoms. The summed E-state index contributed by atoms with van der Waals surface area (Å²) in [6.07, 6.45) is 3.30. The molecule has 0 aromatic carbocycles. The Morgan fingerprint density at radius 1 is 1.44 bits per heavy atom. The smallest absolute Gasteiger partial charge is 0.260 e. The van der Waals surface area contributed by atoms with Crippen molar-refractivity contribution in [3.8, 4) is 0 Å². The highest BCUT2D eigenvalue weighted by molar-refractivity contribution is 7.14. The fourth-order valence-corrected chi connectivity index (χ4v) is 2.12. The second kappa shape index (κ2) is 4.45. The third-order valence-corrected chi connectivity index (χ3v) is 3.36. The maximum Gasteiger partial charge on any atom is 0.260 e. The number of nitrogens with zero attached hydrogens (tertiary/aromatic N) is 2. The first-order chi connectivity index (χ1) is 7.70. The van der Waals surface area contributed by atoms with Gasteiger partial charge in [-0.25, -0.2) is 0 Å². The van der Waals surface area contributed by atoms with Crippen LogP contribution < -0.4 is 4.90 Å². The van der Waals surface area contributed by atoms with Crippen molar-refractivity contribution in [2.75, 3.05) is 11.9 Å². The highest BCUT2D eigenvalue weighted by Gasteiger charge is 2.15. The summed E-state index contributed by atoms with van der Waals surface area (Å²) in [6.45, 7) is 1.91. The summed E-state index contributed by atoms with van der Waals surface area (Å²) in [6, 6.07) is 5.70. The molecule has 0 radical (unpaired) electrons. The van der Waals surface area contributed by atoms with Gasteiger partial charge in [0.2, 0.25) is 0 Å². The molecule has 0 aliphatic rings. The van der Waals surface area contributed by atoms with Crippen LogP contribution in [0.3, 0.4) is 0 Å². The van der Waals surface area contributed by atoms with Gasteiger partial charge in [0.1, 0.15) is 0 Å². The first-order valence-corrected chi connectivity index (χ1v) is 5.80. The molecule has 3 nitrogen and oxygen atoms in total. The van der Waals surface area contributed by atoms with Gasteiger partial charge in [0, 0.05) is 19.4 Å². The third kappa shape index (κ3) is 1.97. The molecule has 0 atom stereocenters. The van der Waals surface area contributed by atoms with Crippen LogP contribution in [-0.2, 0) is 0 Å². The highest BCUT2D eigenvalue weighted by atomic mass is 32.1. The quantitative estimate of drug-likeness (QED) is 0.797. The SMILES string of the molecule is Cc1ccncc1C(=O)N(C)c1cccs1. The lowest BCUT2D eigenvalue weighted by Crippen LogP contribution is -2.26. The van der Waals surface area contributed by atoms with Crippen LogP contribution in [0.2, 0.25) is 0 Å². The topological polar surface area (TPSA) is 33.2 Å². The number of hydrogen-bond donors (Lipinski definition) is 0. The van der Waals surface area contributed by atoms with Crippen molar-refractivity contribution in [2.45, 2.75) is 6.92 Å². The van der Waals surface area contributed by atoms with Crippen LogP contribution in [-0.4, -0.2) is 17.9 Å². The third-order valence-electron chi connectivity index (χ3n) is 2.41. The summed E-state index contributed by atoms with van der Waals surface area (Å²) >= 11 is 1.54. The molecule has 0 N–H and O–H groups in total. The molecular weight excluding hydrogens is 220 g/mol. The predicted octanol–water partition coefficient (Wildman–Crippen LogP) is 2.73. The lowest BCUT2D eigenvalue weighted by Gasteiger charge is -2.15. The summed E-state index contributed by atoms with van der Waals surface area (Å²) in [5.74, 6) is -0.0203. The molecule has 0 unspecified atom stereocenters. The van der Waals surface area contributed by atoms with Crippen molar-refractivity contribution >= 4 is 22.2 Å². The van der Waals surface area contributed by atoms with E-state index in [9.17, 15) is 4.79 Å². The van der Waals surface area contributed by atoms with Crippen LogP contribution in [0.15, 0.2) is 36.0 Å². The van der Waals surface area contributed by atoms with Crippen LogP contribution in [0, 0.1) is 6.92 Å². The number of thiophene rings is 1. The monoisotopic (exact) mass is 232 g/mol. The number of pyridine rings is 1. The van der Waals surface area contributed by atoms with E-state index in [2.05, 4.69) is 4.98 Å². The molecule has 2 aromatic heterocycles. The van der Waals surface area contributed by atoms with Gasteiger partial charge in [0.25, 0.3) is 5.91 Å². The van der Waals surface area contributed by atoms with Gasteiger partial charge in [-0.15, -0.1) is 11.3 Å². The molecule has 0 saturated carbocycles. The van der Waals surface area contributed by atoms with Gasteiger partial charge in [0.05, 0.1) is 10.6 Å². The Bertz CT molecular complexity index is 493. The molecule has 0 aliphatic heterocycles. The molecule has 0 bridgehead atoms. The summed E-state index contributed by atoms with van der Waals surface area (Å²) in [7, 11) is 1.78. The zero-order valence-electron chi connectivity index (χ0n) is 9.18. The van der Waals surface area contributed by atoms with Crippen LogP contribution in [0.25, 0.3) is 0 Å². The Morgan fingerprint density at radius 3 is 2.88 bits per heavy atom. The molecule has 0 aliphatic carbocycles. The summed E-state index contributed by atoms with van der Waals surface area (Å²) in [5.41, 5.74) is 1.60. The summed E-state index contributed by atoms with van der Waals surface area (Å²) < 4.78 is 0. The molecule has 16 heavy (non-hydrogen) atoms. The fourth-order valence-electron chi connectivity index (χ4n) is 1.43. The van der Waals surface area contributed by atoms with Crippen molar-refractivity contribution in [1.29, 1.82) is 0 Å². The summed E-state index contributed by atoms with van der Waals surface area (Å²) in [5, 5.41) is 2.89. The Balaban J connectivity index is 2.30.